The summed E-state index contributed by atoms with van der Waals surface area (Å²) in [5.41, 5.74) is 7.42. The third kappa shape index (κ3) is 4.64. The number of aromatic nitrogens is 3. The van der Waals surface area contributed by atoms with E-state index in [0.29, 0.717) is 44.9 Å². The van der Waals surface area contributed by atoms with Crippen LogP contribution in [0.1, 0.15) is 52.3 Å². The average Bonchev–Trinajstić information content (AvgIpc) is 3.40. The van der Waals surface area contributed by atoms with E-state index in [1.54, 1.807) is 0 Å². The molecule has 3 aromatic carbocycles. The molecule has 7 heteroatoms. The van der Waals surface area contributed by atoms with Crippen LogP contribution in [-0.2, 0) is 31.4 Å². The van der Waals surface area contributed by atoms with Gasteiger partial charge in [0.05, 0.1) is 24.4 Å². The van der Waals surface area contributed by atoms with E-state index < -0.39 is 5.97 Å². The average molecular weight is 538 g/mol. The number of hydrogen-bond acceptors (Lipinski definition) is 4. The van der Waals surface area contributed by atoms with E-state index in [0.717, 1.165) is 68.3 Å². The molecule has 7 nitrogen and oxygen atoms in total. The Balaban J connectivity index is 1.38. The maximum atomic E-state index is 12.8. The van der Waals surface area contributed by atoms with Gasteiger partial charge in [-0.3, -0.25) is 4.68 Å². The zero-order valence-electron chi connectivity index (χ0n) is 23.4. The molecule has 206 valence electrons. The number of carboxylic acid groups (broad SMARTS) is 1. The molecule has 0 amide bonds. The lowest BCUT2D eigenvalue weighted by atomic mass is 9.98. The second-order valence-corrected chi connectivity index (χ2v) is 10.7. The van der Waals surface area contributed by atoms with E-state index >= 15 is 0 Å². The molecule has 0 atom stereocenters. The van der Waals surface area contributed by atoms with Crippen LogP contribution in [0.5, 0.6) is 5.75 Å². The molecule has 2 aromatic heterocycles. The van der Waals surface area contributed by atoms with Crippen LogP contribution in [0.4, 0.5) is 0 Å². The number of nitrogens with zero attached hydrogens (tertiary/aromatic N) is 3. The van der Waals surface area contributed by atoms with Gasteiger partial charge in [-0.25, -0.2) is 4.79 Å². The van der Waals surface area contributed by atoms with Crippen molar-refractivity contribution >= 4 is 27.6 Å². The highest BCUT2D eigenvalue weighted by Crippen LogP contribution is 2.39. The summed E-state index contributed by atoms with van der Waals surface area (Å²) in [7, 11) is 1.94. The summed E-state index contributed by atoms with van der Waals surface area (Å²) in [5.74, 6) is -0.0336. The van der Waals surface area contributed by atoms with Crippen molar-refractivity contribution in [2.75, 3.05) is 13.2 Å². The molecule has 0 saturated carbocycles. The molecule has 40 heavy (non-hydrogen) atoms. The number of benzene rings is 3. The fourth-order valence-electron chi connectivity index (χ4n) is 6.10. The molecule has 1 aliphatic rings. The molecule has 0 bridgehead atoms. The first-order valence-corrected chi connectivity index (χ1v) is 14.0. The second kappa shape index (κ2) is 10.8. The number of aryl methyl sites for hydroxylation is 4. The van der Waals surface area contributed by atoms with Crippen LogP contribution in [0, 0.1) is 13.8 Å². The molecule has 3 heterocycles. The number of para-hydroxylation sites is 1. The third-order valence-electron chi connectivity index (χ3n) is 8.05. The normalized spacial score (nSPS) is 13.8. The molecule has 5 aromatic rings. The van der Waals surface area contributed by atoms with Gasteiger partial charge in [-0.05, 0) is 56.5 Å². The lowest BCUT2D eigenvalue weighted by molar-refractivity contribution is 0.0683. The van der Waals surface area contributed by atoms with Gasteiger partial charge in [0, 0.05) is 47.8 Å². The maximum Gasteiger partial charge on any atom is 0.352 e. The molecule has 0 spiro atoms. The van der Waals surface area contributed by atoms with Crippen molar-refractivity contribution in [3.63, 3.8) is 0 Å². The Bertz CT molecular complexity index is 1730. The van der Waals surface area contributed by atoms with Crippen LogP contribution in [0.15, 0.2) is 54.6 Å². The molecule has 0 fully saturated rings. The van der Waals surface area contributed by atoms with Crippen LogP contribution >= 0.6 is 0 Å². The van der Waals surface area contributed by atoms with Crippen molar-refractivity contribution in [2.24, 2.45) is 7.05 Å². The van der Waals surface area contributed by atoms with Gasteiger partial charge < -0.3 is 19.1 Å². The summed E-state index contributed by atoms with van der Waals surface area (Å²) in [6, 6.07) is 18.7. The number of rotatable bonds is 6. The van der Waals surface area contributed by atoms with Gasteiger partial charge >= 0.3 is 5.97 Å². The molecule has 1 aliphatic heterocycles. The predicted molar refractivity (Wildman–Crippen MR) is 157 cm³/mol. The van der Waals surface area contributed by atoms with E-state index in [4.69, 9.17) is 14.6 Å². The van der Waals surface area contributed by atoms with Crippen molar-refractivity contribution in [3.05, 3.63) is 82.8 Å². The van der Waals surface area contributed by atoms with Gasteiger partial charge in [0.2, 0.25) is 0 Å². The number of carbonyl (C=O) groups is 1. The Labute approximate surface area is 233 Å². The summed E-state index contributed by atoms with van der Waals surface area (Å²) >= 11 is 0. The topological polar surface area (TPSA) is 78.5 Å². The largest absolute Gasteiger partial charge is 0.493 e. The Morgan fingerprint density at radius 2 is 1.93 bits per heavy atom. The molecule has 1 N–H and O–H groups in total. The molecule has 0 aliphatic carbocycles. The van der Waals surface area contributed by atoms with Crippen LogP contribution in [-0.4, -0.2) is 38.6 Å². The van der Waals surface area contributed by atoms with Crippen molar-refractivity contribution in [2.45, 2.75) is 52.7 Å². The van der Waals surface area contributed by atoms with Crippen molar-refractivity contribution in [1.82, 2.24) is 14.3 Å². The molecule has 0 radical (unpaired) electrons. The monoisotopic (exact) mass is 537 g/mol. The first-order valence-electron chi connectivity index (χ1n) is 14.0. The Morgan fingerprint density at radius 1 is 1.07 bits per heavy atom. The zero-order valence-corrected chi connectivity index (χ0v) is 23.4. The number of carboxylic acids is 1. The lowest BCUT2D eigenvalue weighted by Gasteiger charge is -2.12. The van der Waals surface area contributed by atoms with Crippen LogP contribution in [0.3, 0.4) is 0 Å². The van der Waals surface area contributed by atoms with Gasteiger partial charge in [-0.15, -0.1) is 0 Å². The molecule has 0 unspecified atom stereocenters. The first-order chi connectivity index (χ1) is 19.4. The van der Waals surface area contributed by atoms with Gasteiger partial charge in [-0.1, -0.05) is 54.1 Å². The summed E-state index contributed by atoms with van der Waals surface area (Å²) in [5, 5.41) is 18.5. The predicted octanol–water partition coefficient (Wildman–Crippen LogP) is 6.83. The summed E-state index contributed by atoms with van der Waals surface area (Å²) < 4.78 is 16.1. The minimum Gasteiger partial charge on any atom is -0.493 e. The van der Waals surface area contributed by atoms with E-state index in [9.17, 15) is 9.90 Å². The Kier molecular flexibility index (Phi) is 7.07. The van der Waals surface area contributed by atoms with Crippen molar-refractivity contribution in [1.29, 1.82) is 0 Å². The van der Waals surface area contributed by atoms with E-state index in [1.807, 2.05) is 34.5 Å². The highest BCUT2D eigenvalue weighted by Gasteiger charge is 2.27. The quantitative estimate of drug-likeness (QED) is 0.240. The highest BCUT2D eigenvalue weighted by molar-refractivity contribution is 6.04. The minimum atomic E-state index is -0.892. The SMILES string of the molecule is Cc1ccc2c(OCCCc3c(C(=O)O)n4c5c(cccc35)-c3c(nn(C)c3C)COCCCC4)cccc2c1. The van der Waals surface area contributed by atoms with E-state index in [2.05, 4.69) is 50.2 Å². The van der Waals surface area contributed by atoms with Crippen LogP contribution < -0.4 is 4.74 Å². The van der Waals surface area contributed by atoms with Crippen molar-refractivity contribution in [3.8, 4) is 16.9 Å². The summed E-state index contributed by atoms with van der Waals surface area (Å²) in [4.78, 5) is 12.8. The van der Waals surface area contributed by atoms with Crippen LogP contribution in [0.2, 0.25) is 0 Å². The zero-order chi connectivity index (χ0) is 27.8. The van der Waals surface area contributed by atoms with Gasteiger partial charge in [-0.2, -0.15) is 5.10 Å². The highest BCUT2D eigenvalue weighted by atomic mass is 16.5. The smallest absolute Gasteiger partial charge is 0.352 e. The fourth-order valence-corrected chi connectivity index (χ4v) is 6.10. The fraction of sp³-hybridized carbons (Fsp3) is 0.333. The summed E-state index contributed by atoms with van der Waals surface area (Å²) in [6.07, 6.45) is 3.01. The number of aromatic carboxylic acids is 1. The van der Waals surface area contributed by atoms with Gasteiger partial charge in [0.1, 0.15) is 11.4 Å². The van der Waals surface area contributed by atoms with Gasteiger partial charge in [0.15, 0.2) is 0 Å². The standard InChI is InChI=1S/C33H35N3O4/c1-21-14-15-24-23(19-21)9-6-13-29(24)40-18-8-12-26-25-10-7-11-27-30-22(2)35(3)34-28(30)20-39-17-5-4-16-36(31(25)27)32(26)33(37)38/h6-7,9-11,13-15,19H,4-5,8,12,16-18,20H2,1-3H3,(H,37,38). The molecule has 6 rings (SSSR count). The Morgan fingerprint density at radius 3 is 2.77 bits per heavy atom. The summed E-state index contributed by atoms with van der Waals surface area (Å²) in [6.45, 7) is 6.34. The number of ether oxygens (including phenoxy) is 2. The molecule has 0 saturated heterocycles. The number of hydrogen-bond donors (Lipinski definition) is 1. The second-order valence-electron chi connectivity index (χ2n) is 10.7. The minimum absolute atomic E-state index is 0.381. The lowest BCUT2D eigenvalue weighted by Crippen LogP contribution is -2.12. The molecular weight excluding hydrogens is 502 g/mol. The molecular formula is C33H35N3O4. The Hall–Kier alpha value is -4.10. The van der Waals surface area contributed by atoms with Crippen molar-refractivity contribution < 1.29 is 19.4 Å². The maximum absolute atomic E-state index is 12.8. The third-order valence-corrected chi connectivity index (χ3v) is 8.05. The first kappa shape index (κ1) is 26.1. The van der Waals surface area contributed by atoms with Gasteiger partial charge in [0.25, 0.3) is 0 Å². The number of fused-ring (bicyclic) bond motifs is 3. The van der Waals surface area contributed by atoms with Crippen LogP contribution in [0.25, 0.3) is 32.8 Å². The van der Waals surface area contributed by atoms with E-state index in [-0.39, 0.29) is 0 Å². The van der Waals surface area contributed by atoms with E-state index in [1.165, 1.54) is 5.56 Å².